The van der Waals surface area contributed by atoms with Gasteiger partial charge in [0.15, 0.2) is 29.5 Å². The highest BCUT2D eigenvalue weighted by molar-refractivity contribution is 7.86. The van der Waals surface area contributed by atoms with E-state index >= 15 is 0 Å². The Morgan fingerprint density at radius 3 is 2.26 bits per heavy atom. The van der Waals surface area contributed by atoms with Crippen LogP contribution in [-0.2, 0) is 72.2 Å². The number of imidazole rings is 1. The predicted octanol–water partition coefficient (Wildman–Crippen LogP) is 2.97. The summed E-state index contributed by atoms with van der Waals surface area (Å²) in [6.45, 7) is 5.53. The monoisotopic (exact) mass is 1190 g/mol. The lowest BCUT2D eigenvalue weighted by Gasteiger charge is -2.37. The number of nitrogen functional groups attached to an aromatic ring is 1. The first-order valence-electron chi connectivity index (χ1n) is 23.7. The molecule has 2 aromatic carbocycles. The number of hydrogen-bond acceptors (Lipinski definition) is 20. The van der Waals surface area contributed by atoms with Crippen LogP contribution in [0.15, 0.2) is 82.8 Å². The normalized spacial score (nSPS) is 24.5. The minimum absolute atomic E-state index is 0.0324. The number of allylic oxidation sites excluding steroid dienone is 4. The minimum atomic E-state index is -5.89. The van der Waals surface area contributed by atoms with E-state index in [0.717, 1.165) is 29.8 Å². The number of phosphoric ester groups is 1. The van der Waals surface area contributed by atoms with Gasteiger partial charge >= 0.3 is 29.6 Å². The molecule has 35 heteroatoms. The molecule has 11 N–H and O–H groups in total. The number of likely N-dealkylation sites (N-methyl/N-ethyl adjacent to an activating group) is 1. The number of anilines is 2. The average Bonchev–Trinajstić information content (AvgIpc) is 4.25. The van der Waals surface area contributed by atoms with E-state index in [1.807, 2.05) is 39.0 Å². The molecule has 5 heterocycles. The van der Waals surface area contributed by atoms with Gasteiger partial charge in [-0.2, -0.15) is 30.0 Å². The Hall–Kier alpha value is -5.37. The number of ether oxygens (including phenoxy) is 2. The number of amides is 2. The van der Waals surface area contributed by atoms with Crippen LogP contribution in [0.4, 0.5) is 22.0 Å². The number of aliphatic hydroxyl groups excluding tert-OH is 1. The Morgan fingerprint density at radius 1 is 0.897 bits per heavy atom. The van der Waals surface area contributed by atoms with E-state index < -0.39 is 91.8 Å². The van der Waals surface area contributed by atoms with Gasteiger partial charge in [0.1, 0.15) is 30.6 Å². The molecule has 8 rings (SSSR count). The van der Waals surface area contributed by atoms with Gasteiger partial charge in [0, 0.05) is 67.0 Å². The second-order valence-electron chi connectivity index (χ2n) is 18.8. The fourth-order valence-electron chi connectivity index (χ4n) is 10.4. The predicted molar refractivity (Wildman–Crippen MR) is 271 cm³/mol. The Kier molecular flexibility index (Phi) is 16.5. The molecule has 8 atom stereocenters. The van der Waals surface area contributed by atoms with Crippen molar-refractivity contribution in [2.45, 2.75) is 98.0 Å². The summed E-state index contributed by atoms with van der Waals surface area (Å²) in [7, 11) is -26.4. The number of carbonyl (C=O) groups excluding carboxylic acids is 2. The molecule has 1 fully saturated rings. The van der Waals surface area contributed by atoms with Crippen molar-refractivity contribution in [3.05, 3.63) is 84.1 Å². The molecular weight excluding hydrogens is 1140 g/mol. The van der Waals surface area contributed by atoms with Crippen LogP contribution in [0.5, 0.6) is 0 Å². The summed E-state index contributed by atoms with van der Waals surface area (Å²) < 4.78 is 132. The molecule has 0 spiro atoms. The number of phosphoric acid groups is 3. The summed E-state index contributed by atoms with van der Waals surface area (Å²) in [6.07, 6.45) is 2.22. The van der Waals surface area contributed by atoms with Crippen molar-refractivity contribution in [1.29, 1.82) is 0 Å². The van der Waals surface area contributed by atoms with Gasteiger partial charge in [-0.05, 0) is 82.0 Å². The lowest BCUT2D eigenvalue weighted by atomic mass is 9.64. The van der Waals surface area contributed by atoms with Gasteiger partial charge in [0.25, 0.3) is 20.2 Å². The van der Waals surface area contributed by atoms with Crippen molar-refractivity contribution in [2.75, 3.05) is 43.4 Å². The van der Waals surface area contributed by atoms with Crippen LogP contribution in [0.1, 0.15) is 70.2 Å². The molecule has 30 nitrogen and oxygen atoms in total. The van der Waals surface area contributed by atoms with Crippen molar-refractivity contribution < 1.29 is 101 Å². The number of aliphatic hydroxyl groups is 1. The second-order valence-corrected chi connectivity index (χ2v) is 26.1. The first kappa shape index (κ1) is 58.8. The SMILES string of the molecule is CCN1C2=CC=CC3=[N+](CCCCCC(=O)NCCNC(=O)O[C@@H]4[C@H](O)[C@@H](COP(=O)(O)OP(=O)(O)OP(=O)(O)O)O[C@H]4n4cnc5c(N)ncnc54)c4ccc(S(=O)(=O)O)cc4C3(C)CC2(C)c2cc(S(=O)(=O)O)ccc21. The number of benzene rings is 2. The van der Waals surface area contributed by atoms with E-state index in [1.165, 1.54) is 28.8 Å². The number of aromatic nitrogens is 4. The number of nitrogens with one attached hydrogen (secondary N) is 2. The Labute approximate surface area is 444 Å². The zero-order valence-electron chi connectivity index (χ0n) is 41.5. The molecule has 0 radical (unpaired) electrons. The van der Waals surface area contributed by atoms with Gasteiger partial charge in [0.05, 0.1) is 28.1 Å². The van der Waals surface area contributed by atoms with Crippen LogP contribution < -0.4 is 21.3 Å². The lowest BCUT2D eigenvalue weighted by molar-refractivity contribution is -0.438. The maximum absolute atomic E-state index is 13.1. The Balaban J connectivity index is 0.877. The minimum Gasteiger partial charge on any atom is -0.439 e. The lowest BCUT2D eigenvalue weighted by Crippen LogP contribution is -2.41. The molecule has 4 unspecified atom stereocenters. The third kappa shape index (κ3) is 12.3. The zero-order chi connectivity index (χ0) is 57.0. The summed E-state index contributed by atoms with van der Waals surface area (Å²) in [5.41, 5.74) is 8.68. The zero-order valence-corrected chi connectivity index (χ0v) is 45.8. The number of carbonyl (C=O) groups is 2. The largest absolute Gasteiger partial charge is 0.490 e. The number of rotatable bonds is 21. The molecule has 2 amide bonds. The molecular formula is C43H55N9O21P3S2+. The van der Waals surface area contributed by atoms with Crippen LogP contribution in [0.2, 0.25) is 0 Å². The number of unbranched alkanes of at least 4 members (excludes halogenated alkanes) is 2. The summed E-state index contributed by atoms with van der Waals surface area (Å²) in [6, 6.07) is 8.90. The van der Waals surface area contributed by atoms with Crippen LogP contribution in [0, 0.1) is 0 Å². The number of hydrogen-bond donors (Lipinski definition) is 10. The fraction of sp³-hybridized carbons (Fsp3) is 0.442. The topological polar surface area (TPSA) is 441 Å². The van der Waals surface area contributed by atoms with E-state index in [2.05, 4.69) is 48.2 Å². The third-order valence-corrected chi connectivity index (χ3v) is 19.1. The molecule has 424 valence electrons. The maximum Gasteiger partial charge on any atom is 0.490 e. The second kappa shape index (κ2) is 21.9. The molecule has 2 aromatic heterocycles. The molecule has 0 saturated carbocycles. The van der Waals surface area contributed by atoms with Crippen LogP contribution in [0.3, 0.4) is 0 Å². The van der Waals surface area contributed by atoms with E-state index in [0.29, 0.717) is 55.6 Å². The summed E-state index contributed by atoms with van der Waals surface area (Å²) in [5.74, 6) is -0.406. The van der Waals surface area contributed by atoms with Crippen LogP contribution in [0.25, 0.3) is 11.2 Å². The van der Waals surface area contributed by atoms with Gasteiger partial charge in [-0.15, -0.1) is 0 Å². The molecule has 3 aliphatic heterocycles. The van der Waals surface area contributed by atoms with Crippen molar-refractivity contribution in [3.8, 4) is 0 Å². The fourth-order valence-corrected chi connectivity index (χ4v) is 14.4. The van der Waals surface area contributed by atoms with Crippen molar-refractivity contribution >= 4 is 89.8 Å². The number of nitrogens with zero attached hydrogens (tertiary/aromatic N) is 6. The molecule has 4 aromatic rings. The van der Waals surface area contributed by atoms with E-state index in [1.54, 1.807) is 12.1 Å². The third-order valence-electron chi connectivity index (χ3n) is 13.6. The molecule has 4 aliphatic rings. The molecule has 1 saturated heterocycles. The van der Waals surface area contributed by atoms with Gasteiger partial charge in [-0.3, -0.25) is 23.0 Å². The van der Waals surface area contributed by atoms with Gasteiger partial charge in [-0.25, -0.2) is 33.4 Å². The van der Waals surface area contributed by atoms with Gasteiger partial charge < -0.3 is 55.4 Å². The highest BCUT2D eigenvalue weighted by atomic mass is 32.2. The van der Waals surface area contributed by atoms with Gasteiger partial charge in [-0.1, -0.05) is 6.08 Å². The first-order valence-corrected chi connectivity index (χ1v) is 31.1. The number of alkyl carbamates (subject to hydrolysis) is 1. The standard InChI is InChI=1S/C43H54N9O21P3S2/c1-4-50-29-14-12-25(77(63,64)65)19-27(29)42(2)22-43(3)28-20-26(78(66,67)68)13-15-30(28)51(33(43)10-8-9-32(42)50)18-7-5-6-11-34(53)45-16-17-46-41(55)71-37-36(54)31(21-69-75(59,60)73-76(61,62)72-74(56,57)58)70-40(37)52-24-49-35-38(44)47-23-48-39(35)52/h8-10,12-15,19-20,23-24,31,36-37,40,54H,4-7,11,16-18,21-22H2,1-3H3,(H9-,44,45,46,47,48,53,55,56,57,58,59,60,61,62,63,64,65,66,67,68)/p+1/t31-,36-,37-,40-,42?,43?/m1/s1. The Morgan fingerprint density at radius 2 is 1.58 bits per heavy atom. The van der Waals surface area contributed by atoms with E-state index in [-0.39, 0.29) is 52.2 Å². The molecule has 0 bridgehead atoms. The Bertz CT molecular complexity index is 3540. The highest BCUT2D eigenvalue weighted by Crippen LogP contribution is 2.66. The van der Waals surface area contributed by atoms with Crippen molar-refractivity contribution in [1.82, 2.24) is 30.2 Å². The van der Waals surface area contributed by atoms with Crippen molar-refractivity contribution in [2.24, 2.45) is 0 Å². The maximum atomic E-state index is 13.1. The number of fused-ring (bicyclic) bond motifs is 7. The first-order chi connectivity index (χ1) is 36.4. The summed E-state index contributed by atoms with van der Waals surface area (Å²) in [4.78, 5) is 76.7. The molecule has 78 heavy (non-hydrogen) atoms. The molecule has 1 aliphatic carbocycles. The quantitative estimate of drug-likeness (QED) is 0.0248. The average molecular weight is 1190 g/mol. The van der Waals surface area contributed by atoms with Crippen LogP contribution >= 0.6 is 23.5 Å². The van der Waals surface area contributed by atoms with E-state index in [4.69, 9.17) is 25.0 Å². The summed E-state index contributed by atoms with van der Waals surface area (Å²) in [5, 5.41) is 16.3. The smallest absolute Gasteiger partial charge is 0.439 e. The highest BCUT2D eigenvalue weighted by Gasteiger charge is 2.56. The summed E-state index contributed by atoms with van der Waals surface area (Å²) >= 11 is 0. The van der Waals surface area contributed by atoms with Crippen LogP contribution in [-0.4, -0.2) is 144 Å². The van der Waals surface area contributed by atoms with Crippen molar-refractivity contribution in [3.63, 3.8) is 0 Å². The van der Waals surface area contributed by atoms with E-state index in [9.17, 15) is 64.1 Å². The number of nitrogens with two attached hydrogens (primary N) is 1. The van der Waals surface area contributed by atoms with Gasteiger partial charge in [0.2, 0.25) is 11.6 Å².